The van der Waals surface area contributed by atoms with Gasteiger partial charge in [0.1, 0.15) is 10.8 Å². The van der Waals surface area contributed by atoms with Crippen molar-refractivity contribution in [3.63, 3.8) is 0 Å². The van der Waals surface area contributed by atoms with E-state index in [0.29, 0.717) is 12.4 Å². The van der Waals surface area contributed by atoms with Crippen molar-refractivity contribution in [2.45, 2.75) is 13.0 Å². The van der Waals surface area contributed by atoms with E-state index in [0.717, 1.165) is 21.8 Å². The van der Waals surface area contributed by atoms with E-state index in [1.807, 2.05) is 64.7 Å². The van der Waals surface area contributed by atoms with Crippen molar-refractivity contribution in [1.82, 2.24) is 14.8 Å². The molecule has 0 bridgehead atoms. The fourth-order valence-corrected chi connectivity index (χ4v) is 4.44. The van der Waals surface area contributed by atoms with Gasteiger partial charge in [0.2, 0.25) is 5.91 Å². The molecule has 0 atom stereocenters. The van der Waals surface area contributed by atoms with Gasteiger partial charge in [0, 0.05) is 17.0 Å². The summed E-state index contributed by atoms with van der Waals surface area (Å²) < 4.78 is 1.82. The van der Waals surface area contributed by atoms with Crippen LogP contribution in [0.15, 0.2) is 90.4 Å². The number of nitrogens with one attached hydrogen (secondary N) is 1. The van der Waals surface area contributed by atoms with Gasteiger partial charge in [-0.15, -0.1) is 11.3 Å². The maximum absolute atomic E-state index is 12.7. The maximum atomic E-state index is 12.7. The van der Waals surface area contributed by atoms with Crippen LogP contribution in [0.3, 0.4) is 0 Å². The minimum absolute atomic E-state index is 0.107. The molecule has 5 nitrogen and oxygen atoms in total. The van der Waals surface area contributed by atoms with E-state index in [4.69, 9.17) is 0 Å². The summed E-state index contributed by atoms with van der Waals surface area (Å²) in [6.07, 6.45) is 1.93. The fourth-order valence-electron chi connectivity index (χ4n) is 3.61. The zero-order valence-corrected chi connectivity index (χ0v) is 17.5. The van der Waals surface area contributed by atoms with Crippen LogP contribution in [0.4, 0.5) is 5.82 Å². The number of nitrogens with zero attached hydrogens (tertiary/aromatic N) is 3. The SMILES string of the molecule is O=C(Cc1csc(-c2ccccc2)n1)Nc1ccnn1Cc1cccc2ccccc12. The number of aromatic nitrogens is 3. The molecule has 152 valence electrons. The number of amides is 1. The second kappa shape index (κ2) is 8.53. The number of hydrogen-bond donors (Lipinski definition) is 1. The summed E-state index contributed by atoms with van der Waals surface area (Å²) in [7, 11) is 0. The Bertz CT molecular complexity index is 1330. The molecule has 0 aliphatic carbocycles. The summed E-state index contributed by atoms with van der Waals surface area (Å²) >= 11 is 1.55. The van der Waals surface area contributed by atoms with Crippen LogP contribution in [0.1, 0.15) is 11.3 Å². The van der Waals surface area contributed by atoms with Crippen LogP contribution in [-0.4, -0.2) is 20.7 Å². The first-order chi connectivity index (χ1) is 15.3. The smallest absolute Gasteiger partial charge is 0.231 e. The first kappa shape index (κ1) is 19.2. The van der Waals surface area contributed by atoms with Crippen molar-refractivity contribution in [3.8, 4) is 10.6 Å². The number of anilines is 1. The third kappa shape index (κ3) is 4.25. The van der Waals surface area contributed by atoms with Crippen LogP contribution in [0.5, 0.6) is 0 Å². The lowest BCUT2D eigenvalue weighted by Gasteiger charge is -2.11. The molecule has 0 aliphatic rings. The minimum atomic E-state index is -0.107. The van der Waals surface area contributed by atoms with Gasteiger partial charge in [-0.1, -0.05) is 72.8 Å². The molecule has 0 unspecified atom stereocenters. The lowest BCUT2D eigenvalue weighted by molar-refractivity contribution is -0.115. The zero-order chi connectivity index (χ0) is 21.0. The van der Waals surface area contributed by atoms with Gasteiger partial charge >= 0.3 is 0 Å². The molecular formula is C25H20N4OS. The van der Waals surface area contributed by atoms with Crippen molar-refractivity contribution < 1.29 is 4.79 Å². The molecule has 31 heavy (non-hydrogen) atoms. The zero-order valence-electron chi connectivity index (χ0n) is 16.7. The molecule has 0 saturated carbocycles. The molecule has 3 aromatic carbocycles. The second-order valence-electron chi connectivity index (χ2n) is 7.25. The third-order valence-electron chi connectivity index (χ3n) is 5.10. The van der Waals surface area contributed by atoms with Crippen molar-refractivity contribution in [2.24, 2.45) is 0 Å². The number of benzene rings is 3. The van der Waals surface area contributed by atoms with Gasteiger partial charge < -0.3 is 5.32 Å². The molecule has 5 rings (SSSR count). The molecule has 1 N–H and O–H groups in total. The highest BCUT2D eigenvalue weighted by Gasteiger charge is 2.12. The number of hydrogen-bond acceptors (Lipinski definition) is 4. The highest BCUT2D eigenvalue weighted by Crippen LogP contribution is 2.24. The van der Waals surface area contributed by atoms with Crippen LogP contribution >= 0.6 is 11.3 Å². The van der Waals surface area contributed by atoms with Crippen molar-refractivity contribution in [1.29, 1.82) is 0 Å². The van der Waals surface area contributed by atoms with Crippen molar-refractivity contribution in [3.05, 3.63) is 102 Å². The Labute approximate surface area is 184 Å². The van der Waals surface area contributed by atoms with Gasteiger partial charge in [0.25, 0.3) is 0 Å². The predicted molar refractivity (Wildman–Crippen MR) is 125 cm³/mol. The molecular weight excluding hydrogens is 404 g/mol. The normalized spacial score (nSPS) is 11.0. The molecule has 5 aromatic rings. The molecule has 0 fully saturated rings. The van der Waals surface area contributed by atoms with Gasteiger partial charge in [0.15, 0.2) is 0 Å². The van der Waals surface area contributed by atoms with E-state index in [-0.39, 0.29) is 12.3 Å². The van der Waals surface area contributed by atoms with Crippen molar-refractivity contribution >= 4 is 33.8 Å². The Hall–Kier alpha value is -3.77. The minimum Gasteiger partial charge on any atom is -0.311 e. The standard InChI is InChI=1S/C25H20N4OS/c30-24(15-21-17-31-25(27-21)19-8-2-1-3-9-19)28-23-13-14-26-29(23)16-20-11-6-10-18-7-4-5-12-22(18)20/h1-14,17H,15-16H2,(H,28,30). The lowest BCUT2D eigenvalue weighted by atomic mass is 10.0. The Balaban J connectivity index is 1.29. The Morgan fingerprint density at radius 2 is 1.74 bits per heavy atom. The summed E-state index contributed by atoms with van der Waals surface area (Å²) in [4.78, 5) is 17.3. The van der Waals surface area contributed by atoms with Gasteiger partial charge in [-0.2, -0.15) is 5.10 Å². The second-order valence-corrected chi connectivity index (χ2v) is 8.11. The Kier molecular flexibility index (Phi) is 5.29. The first-order valence-corrected chi connectivity index (χ1v) is 10.9. The topological polar surface area (TPSA) is 59.8 Å². The molecule has 0 spiro atoms. The molecule has 0 aliphatic heterocycles. The Morgan fingerprint density at radius 3 is 2.65 bits per heavy atom. The van der Waals surface area contributed by atoms with Crippen LogP contribution in [0, 0.1) is 0 Å². The first-order valence-electron chi connectivity index (χ1n) is 10.0. The Morgan fingerprint density at radius 1 is 0.935 bits per heavy atom. The molecule has 0 radical (unpaired) electrons. The number of fused-ring (bicyclic) bond motifs is 1. The summed E-state index contributed by atoms with van der Waals surface area (Å²) in [5, 5.41) is 12.6. The van der Waals surface area contributed by atoms with E-state index in [1.165, 1.54) is 10.8 Å². The van der Waals surface area contributed by atoms with Gasteiger partial charge in [-0.25, -0.2) is 9.67 Å². The molecule has 0 saturated heterocycles. The number of carbonyl (C=O) groups excluding carboxylic acids is 1. The van der Waals surface area contributed by atoms with E-state index >= 15 is 0 Å². The third-order valence-corrected chi connectivity index (χ3v) is 6.04. The average Bonchev–Trinajstić information content (AvgIpc) is 3.44. The number of carbonyl (C=O) groups is 1. The molecule has 2 heterocycles. The summed E-state index contributed by atoms with van der Waals surface area (Å²) in [6.45, 7) is 0.582. The number of rotatable bonds is 6. The molecule has 2 aromatic heterocycles. The highest BCUT2D eigenvalue weighted by molar-refractivity contribution is 7.13. The molecule has 1 amide bonds. The maximum Gasteiger partial charge on any atom is 0.231 e. The van der Waals surface area contributed by atoms with E-state index in [9.17, 15) is 4.79 Å². The summed E-state index contributed by atoms with van der Waals surface area (Å²) in [5.74, 6) is 0.570. The largest absolute Gasteiger partial charge is 0.311 e. The van der Waals surface area contributed by atoms with Crippen LogP contribution < -0.4 is 5.32 Å². The van der Waals surface area contributed by atoms with E-state index in [2.05, 4.69) is 39.7 Å². The van der Waals surface area contributed by atoms with Crippen LogP contribution in [0.25, 0.3) is 21.3 Å². The van der Waals surface area contributed by atoms with Gasteiger partial charge in [-0.3, -0.25) is 4.79 Å². The van der Waals surface area contributed by atoms with Gasteiger partial charge in [-0.05, 0) is 16.3 Å². The van der Waals surface area contributed by atoms with Crippen LogP contribution in [0.2, 0.25) is 0 Å². The lowest BCUT2D eigenvalue weighted by Crippen LogP contribution is -2.18. The quantitative estimate of drug-likeness (QED) is 0.398. The fraction of sp³-hybridized carbons (Fsp3) is 0.0800. The summed E-state index contributed by atoms with van der Waals surface area (Å²) in [5.41, 5.74) is 2.98. The van der Waals surface area contributed by atoms with Crippen molar-refractivity contribution in [2.75, 3.05) is 5.32 Å². The molecule has 6 heteroatoms. The summed E-state index contributed by atoms with van der Waals surface area (Å²) in [6, 6.07) is 26.3. The predicted octanol–water partition coefficient (Wildman–Crippen LogP) is 5.39. The van der Waals surface area contributed by atoms with E-state index < -0.39 is 0 Å². The van der Waals surface area contributed by atoms with E-state index in [1.54, 1.807) is 17.5 Å². The highest BCUT2D eigenvalue weighted by atomic mass is 32.1. The van der Waals surface area contributed by atoms with Gasteiger partial charge in [0.05, 0.1) is 24.9 Å². The monoisotopic (exact) mass is 424 g/mol. The van der Waals surface area contributed by atoms with Crippen LogP contribution in [-0.2, 0) is 17.8 Å². The average molecular weight is 425 g/mol. The number of thiazole rings is 1.